The molecule has 0 radical (unpaired) electrons. The molecule has 0 aliphatic rings. The van der Waals surface area contributed by atoms with Crippen molar-refractivity contribution in [2.45, 2.75) is 18.8 Å². The quantitative estimate of drug-likeness (QED) is 0.187. The molecule has 0 spiro atoms. The summed E-state index contributed by atoms with van der Waals surface area (Å²) >= 11 is 0. The maximum atomic E-state index is 14.1. The number of carbonyl (C=O) groups excluding carboxylic acids is 1. The summed E-state index contributed by atoms with van der Waals surface area (Å²) in [5, 5.41) is 18.2. The number of hydrogen-bond acceptors (Lipinski definition) is 7. The summed E-state index contributed by atoms with van der Waals surface area (Å²) in [7, 11) is 0. The molecule has 0 bridgehead atoms. The molecule has 1 atom stereocenters. The molecule has 2 aromatic carbocycles. The minimum Gasteiger partial charge on any atom is -0.485 e. The van der Waals surface area contributed by atoms with Gasteiger partial charge in [-0.15, -0.1) is 0 Å². The van der Waals surface area contributed by atoms with Crippen LogP contribution in [0.25, 0.3) is 11.7 Å². The molecule has 2 aromatic heterocycles. The highest BCUT2D eigenvalue weighted by atomic mass is 19.1. The largest absolute Gasteiger partial charge is 0.485 e. The third-order valence-electron chi connectivity index (χ3n) is 6.09. The van der Waals surface area contributed by atoms with Crippen LogP contribution in [0.4, 0.5) is 8.78 Å². The minimum absolute atomic E-state index is 0.0182. The molecule has 4 rings (SSSR count). The normalized spacial score (nSPS) is 12.5. The predicted octanol–water partition coefficient (Wildman–Crippen LogP) is 4.13. The molecule has 4 aromatic rings. The molecule has 2 heterocycles. The van der Waals surface area contributed by atoms with Crippen LogP contribution in [0.3, 0.4) is 0 Å². The van der Waals surface area contributed by atoms with Gasteiger partial charge in [0.05, 0.1) is 30.0 Å². The molecule has 0 aliphatic carbocycles. The summed E-state index contributed by atoms with van der Waals surface area (Å²) in [6.07, 6.45) is 4.93. The zero-order chi connectivity index (χ0) is 28.7. The van der Waals surface area contributed by atoms with E-state index in [1.54, 1.807) is 0 Å². The van der Waals surface area contributed by atoms with Crippen molar-refractivity contribution >= 4 is 30.1 Å². The van der Waals surface area contributed by atoms with Gasteiger partial charge in [0.2, 0.25) is 0 Å². The Balaban J connectivity index is 1.55. The van der Waals surface area contributed by atoms with Gasteiger partial charge in [-0.3, -0.25) is 9.20 Å². The number of benzene rings is 2. The summed E-state index contributed by atoms with van der Waals surface area (Å²) in [5.41, 5.74) is 6.51. The van der Waals surface area contributed by atoms with Crippen LogP contribution in [0.5, 0.6) is 5.75 Å². The van der Waals surface area contributed by atoms with E-state index < -0.39 is 29.7 Å². The lowest BCUT2D eigenvalue weighted by atomic mass is 10.0. The van der Waals surface area contributed by atoms with E-state index in [9.17, 15) is 13.6 Å². The lowest BCUT2D eigenvalue weighted by molar-refractivity contribution is 0.0855. The Kier molecular flexibility index (Phi) is 8.77. The van der Waals surface area contributed by atoms with Crippen molar-refractivity contribution in [1.82, 2.24) is 14.7 Å². The second kappa shape index (κ2) is 12.4. The van der Waals surface area contributed by atoms with Crippen molar-refractivity contribution in [2.75, 3.05) is 13.2 Å². The van der Waals surface area contributed by atoms with Gasteiger partial charge in [0.15, 0.2) is 11.4 Å². The van der Waals surface area contributed by atoms with Gasteiger partial charge in [-0.05, 0) is 29.8 Å². The molecule has 0 aliphatic heterocycles. The third-order valence-corrected chi connectivity index (χ3v) is 6.09. The van der Waals surface area contributed by atoms with E-state index in [4.69, 9.17) is 26.0 Å². The molecule has 0 fully saturated rings. The molecule has 206 valence electrons. The smallest absolute Gasteiger partial charge is 0.270 e. The molecular formula is C29H28F2N6O3. The Morgan fingerprint density at radius 2 is 1.85 bits per heavy atom. The van der Waals surface area contributed by atoms with Crippen LogP contribution in [0.1, 0.15) is 32.9 Å². The Labute approximate surface area is 229 Å². The van der Waals surface area contributed by atoms with Crippen molar-refractivity contribution in [1.29, 1.82) is 10.8 Å². The number of rotatable bonds is 13. The van der Waals surface area contributed by atoms with Gasteiger partial charge in [0, 0.05) is 30.7 Å². The number of nitrogens with zero attached hydrogens (tertiary/aromatic N) is 2. The molecule has 0 saturated heterocycles. The van der Waals surface area contributed by atoms with Crippen molar-refractivity contribution in [2.24, 2.45) is 5.73 Å². The van der Waals surface area contributed by atoms with Gasteiger partial charge in [-0.25, -0.2) is 13.8 Å². The Morgan fingerprint density at radius 1 is 1.12 bits per heavy atom. The lowest BCUT2D eigenvalue weighted by Crippen LogP contribution is -2.55. The van der Waals surface area contributed by atoms with Gasteiger partial charge in [0.25, 0.3) is 5.91 Å². The number of amides is 1. The highest BCUT2D eigenvalue weighted by Gasteiger charge is 2.27. The van der Waals surface area contributed by atoms with Crippen LogP contribution in [0.15, 0.2) is 67.4 Å². The Bertz CT molecular complexity index is 1540. The first-order chi connectivity index (χ1) is 19.3. The number of hydrogen-bond donors (Lipinski definition) is 4. The van der Waals surface area contributed by atoms with Crippen LogP contribution < -0.4 is 15.8 Å². The molecule has 5 N–H and O–H groups in total. The number of carbonyl (C=O) groups is 1. The number of ether oxygens (including phenoxy) is 2. The summed E-state index contributed by atoms with van der Waals surface area (Å²) in [5.74, 6) is -2.00. The topological polar surface area (TPSA) is 139 Å². The fourth-order valence-electron chi connectivity index (χ4n) is 3.93. The van der Waals surface area contributed by atoms with Crippen molar-refractivity contribution < 1.29 is 23.0 Å². The second-order valence-corrected chi connectivity index (χ2v) is 9.05. The zero-order valence-electron chi connectivity index (χ0n) is 21.5. The summed E-state index contributed by atoms with van der Waals surface area (Å²) < 4.78 is 41.1. The van der Waals surface area contributed by atoms with Gasteiger partial charge < -0.3 is 31.3 Å². The highest BCUT2D eigenvalue weighted by molar-refractivity contribution is 5.97. The highest BCUT2D eigenvalue weighted by Crippen LogP contribution is 2.26. The molecule has 40 heavy (non-hydrogen) atoms. The van der Waals surface area contributed by atoms with Gasteiger partial charge in [0.1, 0.15) is 23.9 Å². The standard InChI is InChI=1S/C29H28F2N6O3/c1-2-24-26(28(38)35-17-29(34,16-33)18-39-14-19-7-4-3-5-8-19)37-13-20(12-32)11-25(27(37)36-24)40-15-21-22(30)9-6-10-23(21)31/h2-13,16,32-33H,1,14-15,17-18,34H2,(H,35,38). The zero-order valence-corrected chi connectivity index (χ0v) is 21.5. The number of imidazole rings is 1. The molecule has 11 heteroatoms. The first-order valence-electron chi connectivity index (χ1n) is 12.2. The van der Waals surface area contributed by atoms with E-state index in [0.717, 1.165) is 30.1 Å². The van der Waals surface area contributed by atoms with Gasteiger partial charge >= 0.3 is 0 Å². The van der Waals surface area contributed by atoms with Crippen molar-refractivity contribution in [3.8, 4) is 5.75 Å². The molecular weight excluding hydrogens is 518 g/mol. The fraction of sp³-hybridized carbons (Fsp3) is 0.172. The number of nitrogens with one attached hydrogen (secondary N) is 3. The maximum Gasteiger partial charge on any atom is 0.270 e. The summed E-state index contributed by atoms with van der Waals surface area (Å²) in [6.45, 7) is 3.45. The number of fused-ring (bicyclic) bond motifs is 1. The van der Waals surface area contributed by atoms with Gasteiger partial charge in [-0.1, -0.05) is 43.0 Å². The number of aromatic nitrogens is 2. The first-order valence-corrected chi connectivity index (χ1v) is 12.2. The van der Waals surface area contributed by atoms with E-state index in [1.807, 2.05) is 30.3 Å². The third kappa shape index (κ3) is 6.28. The predicted molar refractivity (Wildman–Crippen MR) is 148 cm³/mol. The van der Waals surface area contributed by atoms with Crippen LogP contribution >= 0.6 is 0 Å². The average molecular weight is 547 g/mol. The molecule has 1 unspecified atom stereocenters. The Morgan fingerprint density at radius 3 is 2.50 bits per heavy atom. The average Bonchev–Trinajstić information content (AvgIpc) is 3.35. The molecule has 0 saturated carbocycles. The van der Waals surface area contributed by atoms with Gasteiger partial charge in [-0.2, -0.15) is 0 Å². The van der Waals surface area contributed by atoms with Crippen LogP contribution in [-0.2, 0) is 18.0 Å². The summed E-state index contributed by atoms with van der Waals surface area (Å²) in [4.78, 5) is 17.8. The van der Waals surface area contributed by atoms with E-state index >= 15 is 0 Å². The number of pyridine rings is 1. The second-order valence-electron chi connectivity index (χ2n) is 9.05. The molecule has 1 amide bonds. The lowest BCUT2D eigenvalue weighted by Gasteiger charge is -2.25. The fourth-order valence-corrected chi connectivity index (χ4v) is 3.93. The van der Waals surface area contributed by atoms with E-state index in [2.05, 4.69) is 16.9 Å². The van der Waals surface area contributed by atoms with Crippen LogP contribution in [-0.4, -0.2) is 46.4 Å². The summed E-state index contributed by atoms with van der Waals surface area (Å²) in [6, 6.07) is 14.4. The van der Waals surface area contributed by atoms with E-state index in [0.29, 0.717) is 12.2 Å². The number of nitrogens with two attached hydrogens (primary N) is 1. The maximum absolute atomic E-state index is 14.1. The Hall–Kier alpha value is -4.74. The minimum atomic E-state index is -1.28. The van der Waals surface area contributed by atoms with Crippen molar-refractivity contribution in [3.63, 3.8) is 0 Å². The first kappa shape index (κ1) is 28.3. The monoisotopic (exact) mass is 546 g/mol. The van der Waals surface area contributed by atoms with Crippen LogP contribution in [0, 0.1) is 22.5 Å². The molecule has 9 nitrogen and oxygen atoms in total. The van der Waals surface area contributed by atoms with E-state index in [1.165, 1.54) is 28.8 Å². The van der Waals surface area contributed by atoms with Crippen LogP contribution in [0.2, 0.25) is 0 Å². The SMILES string of the molecule is C=Cc1nc2c(OCc3c(F)cccc3F)cc(C=N)cn2c1C(=O)NCC(N)(C=N)COCc1ccccc1. The number of halogens is 2. The van der Waals surface area contributed by atoms with Crippen molar-refractivity contribution in [3.05, 3.63) is 107 Å². The van der Waals surface area contributed by atoms with E-state index in [-0.39, 0.29) is 41.5 Å².